The van der Waals surface area contributed by atoms with E-state index in [0.717, 1.165) is 19.4 Å². The summed E-state index contributed by atoms with van der Waals surface area (Å²) in [6.45, 7) is 6.01. The number of nitrogens with two attached hydrogens (primary N) is 1. The van der Waals surface area contributed by atoms with Gasteiger partial charge in [0.1, 0.15) is 0 Å². The lowest BCUT2D eigenvalue weighted by atomic mass is 10.1. The van der Waals surface area contributed by atoms with Crippen molar-refractivity contribution in [3.05, 3.63) is 35.9 Å². The first kappa shape index (κ1) is 21.2. The Balaban J connectivity index is 0.00000441. The molecule has 0 saturated heterocycles. The minimum Gasteiger partial charge on any atom is -0.370 e. The lowest BCUT2D eigenvalue weighted by Gasteiger charge is -2.23. The highest BCUT2D eigenvalue weighted by molar-refractivity contribution is 14.0. The van der Waals surface area contributed by atoms with Crippen LogP contribution in [0.5, 0.6) is 0 Å². The molecule has 0 radical (unpaired) electrons. The van der Waals surface area contributed by atoms with Gasteiger partial charge < -0.3 is 16.0 Å². The van der Waals surface area contributed by atoms with Gasteiger partial charge in [-0.05, 0) is 38.4 Å². The minimum absolute atomic E-state index is 0. The van der Waals surface area contributed by atoms with Gasteiger partial charge in [-0.1, -0.05) is 44.2 Å². The molecule has 22 heavy (non-hydrogen) atoms. The lowest BCUT2D eigenvalue weighted by Crippen LogP contribution is -2.37. The Morgan fingerprint density at radius 3 is 2.41 bits per heavy atom. The van der Waals surface area contributed by atoms with Gasteiger partial charge in [0.05, 0.1) is 6.54 Å². The van der Waals surface area contributed by atoms with Crippen molar-refractivity contribution in [1.29, 1.82) is 0 Å². The Bertz CT molecular complexity index is 418. The normalized spacial score (nSPS) is 13.1. The fourth-order valence-corrected chi connectivity index (χ4v) is 2.05. The molecule has 0 amide bonds. The van der Waals surface area contributed by atoms with Crippen molar-refractivity contribution in [1.82, 2.24) is 10.2 Å². The van der Waals surface area contributed by atoms with E-state index in [4.69, 9.17) is 5.73 Å². The van der Waals surface area contributed by atoms with Crippen LogP contribution in [0.4, 0.5) is 0 Å². The van der Waals surface area contributed by atoms with E-state index in [9.17, 15) is 0 Å². The Labute approximate surface area is 152 Å². The molecule has 126 valence electrons. The largest absolute Gasteiger partial charge is 0.370 e. The van der Waals surface area contributed by atoms with Crippen molar-refractivity contribution in [3.63, 3.8) is 0 Å². The van der Waals surface area contributed by atoms with Crippen LogP contribution in [0.15, 0.2) is 35.3 Å². The SMILES string of the molecule is CC(C)CCNC(N)=NCC(Cc1ccccc1)N(C)C.I. The number of hydrogen-bond donors (Lipinski definition) is 2. The van der Waals surface area contributed by atoms with Crippen LogP contribution >= 0.6 is 24.0 Å². The van der Waals surface area contributed by atoms with Gasteiger partial charge in [-0.3, -0.25) is 4.99 Å². The molecule has 1 unspecified atom stereocenters. The first-order valence-electron chi connectivity index (χ1n) is 7.73. The van der Waals surface area contributed by atoms with Gasteiger partial charge in [-0.15, -0.1) is 24.0 Å². The summed E-state index contributed by atoms with van der Waals surface area (Å²) in [5.74, 6) is 1.23. The predicted molar refractivity (Wildman–Crippen MR) is 107 cm³/mol. The number of rotatable bonds is 8. The molecule has 0 aromatic heterocycles. The number of halogens is 1. The van der Waals surface area contributed by atoms with Crippen molar-refractivity contribution in [3.8, 4) is 0 Å². The molecule has 1 aromatic carbocycles. The van der Waals surface area contributed by atoms with E-state index >= 15 is 0 Å². The summed E-state index contributed by atoms with van der Waals surface area (Å²) in [4.78, 5) is 6.69. The van der Waals surface area contributed by atoms with E-state index in [0.29, 0.717) is 24.5 Å². The summed E-state index contributed by atoms with van der Waals surface area (Å²) in [5.41, 5.74) is 7.25. The van der Waals surface area contributed by atoms with Gasteiger partial charge in [-0.2, -0.15) is 0 Å². The molecule has 0 heterocycles. The molecule has 0 spiro atoms. The zero-order valence-corrected chi connectivity index (χ0v) is 16.6. The van der Waals surface area contributed by atoms with Gasteiger partial charge >= 0.3 is 0 Å². The summed E-state index contributed by atoms with van der Waals surface area (Å²) in [7, 11) is 4.18. The van der Waals surface area contributed by atoms with E-state index in [2.05, 4.69) is 67.4 Å². The van der Waals surface area contributed by atoms with Crippen LogP contribution in [-0.4, -0.2) is 44.1 Å². The molecule has 5 heteroatoms. The summed E-state index contributed by atoms with van der Waals surface area (Å²) in [6, 6.07) is 10.9. The van der Waals surface area contributed by atoms with Gasteiger partial charge in [0.25, 0.3) is 0 Å². The maximum absolute atomic E-state index is 5.92. The molecule has 3 N–H and O–H groups in total. The highest BCUT2D eigenvalue weighted by Gasteiger charge is 2.11. The van der Waals surface area contributed by atoms with Crippen molar-refractivity contribution < 1.29 is 0 Å². The quantitative estimate of drug-likeness (QED) is 0.388. The Kier molecular flexibility index (Phi) is 11.3. The molecule has 1 aromatic rings. The number of nitrogens with zero attached hydrogens (tertiary/aromatic N) is 2. The topological polar surface area (TPSA) is 53.6 Å². The number of benzene rings is 1. The third kappa shape index (κ3) is 9.25. The number of nitrogens with one attached hydrogen (secondary N) is 1. The second-order valence-corrected chi connectivity index (χ2v) is 6.14. The van der Waals surface area contributed by atoms with Crippen molar-refractivity contribution in [2.24, 2.45) is 16.6 Å². The smallest absolute Gasteiger partial charge is 0.188 e. The second kappa shape index (κ2) is 11.7. The van der Waals surface area contributed by atoms with Crippen LogP contribution in [0.3, 0.4) is 0 Å². The maximum Gasteiger partial charge on any atom is 0.188 e. The van der Waals surface area contributed by atoms with E-state index in [1.165, 1.54) is 5.56 Å². The number of hydrogen-bond acceptors (Lipinski definition) is 2. The van der Waals surface area contributed by atoms with Crippen LogP contribution < -0.4 is 11.1 Å². The van der Waals surface area contributed by atoms with Crippen molar-refractivity contribution in [2.75, 3.05) is 27.2 Å². The van der Waals surface area contributed by atoms with E-state index in [-0.39, 0.29) is 24.0 Å². The molecule has 1 atom stereocenters. The van der Waals surface area contributed by atoms with Crippen LogP contribution in [-0.2, 0) is 6.42 Å². The fourth-order valence-electron chi connectivity index (χ4n) is 2.05. The predicted octanol–water partition coefficient (Wildman–Crippen LogP) is 2.73. The van der Waals surface area contributed by atoms with Crippen LogP contribution in [0.25, 0.3) is 0 Å². The fraction of sp³-hybridized carbons (Fsp3) is 0.588. The molecular weight excluding hydrogens is 387 g/mol. The molecule has 0 bridgehead atoms. The summed E-state index contributed by atoms with van der Waals surface area (Å²) in [5, 5.41) is 3.18. The average Bonchev–Trinajstić information content (AvgIpc) is 2.43. The number of likely N-dealkylation sites (N-methyl/N-ethyl adjacent to an activating group) is 1. The first-order chi connectivity index (χ1) is 9.99. The van der Waals surface area contributed by atoms with Crippen molar-refractivity contribution in [2.45, 2.75) is 32.7 Å². The summed E-state index contributed by atoms with van der Waals surface area (Å²) < 4.78 is 0. The van der Waals surface area contributed by atoms with Gasteiger partial charge in [-0.25, -0.2) is 0 Å². The second-order valence-electron chi connectivity index (χ2n) is 6.14. The number of guanidine groups is 1. The summed E-state index contributed by atoms with van der Waals surface area (Å²) in [6.07, 6.45) is 2.09. The first-order valence-corrected chi connectivity index (χ1v) is 7.73. The van der Waals surface area contributed by atoms with Gasteiger partial charge in [0.15, 0.2) is 5.96 Å². The Morgan fingerprint density at radius 2 is 1.86 bits per heavy atom. The minimum atomic E-state index is 0. The highest BCUT2D eigenvalue weighted by atomic mass is 127. The third-order valence-corrected chi connectivity index (χ3v) is 3.54. The molecule has 4 nitrogen and oxygen atoms in total. The Hall–Kier alpha value is -0.820. The lowest BCUT2D eigenvalue weighted by molar-refractivity contribution is 0.298. The standard InChI is InChI=1S/C17H30N4.HI/c1-14(2)10-11-19-17(18)20-13-16(21(3)4)12-15-8-6-5-7-9-15;/h5-9,14,16H,10-13H2,1-4H3,(H3,18,19,20);1H. The molecule has 0 aliphatic heterocycles. The Morgan fingerprint density at radius 1 is 1.23 bits per heavy atom. The average molecular weight is 418 g/mol. The van der Waals surface area contributed by atoms with Crippen LogP contribution in [0.1, 0.15) is 25.8 Å². The van der Waals surface area contributed by atoms with Gasteiger partial charge in [0.2, 0.25) is 0 Å². The molecule has 0 fully saturated rings. The monoisotopic (exact) mass is 418 g/mol. The molecular formula is C17H31IN4. The zero-order chi connectivity index (χ0) is 15.7. The zero-order valence-electron chi connectivity index (χ0n) is 14.2. The summed E-state index contributed by atoms with van der Waals surface area (Å²) >= 11 is 0. The van der Waals surface area contributed by atoms with E-state index in [1.807, 2.05) is 6.07 Å². The molecule has 0 saturated carbocycles. The van der Waals surface area contributed by atoms with Crippen LogP contribution in [0, 0.1) is 5.92 Å². The molecule has 0 aliphatic carbocycles. The maximum atomic E-state index is 5.92. The van der Waals surface area contributed by atoms with E-state index < -0.39 is 0 Å². The van der Waals surface area contributed by atoms with E-state index in [1.54, 1.807) is 0 Å². The third-order valence-electron chi connectivity index (χ3n) is 3.54. The van der Waals surface area contributed by atoms with Crippen LogP contribution in [0.2, 0.25) is 0 Å². The number of aliphatic imine (C=N–C) groups is 1. The van der Waals surface area contributed by atoms with Crippen molar-refractivity contribution >= 4 is 29.9 Å². The molecule has 1 rings (SSSR count). The van der Waals surface area contributed by atoms with Gasteiger partial charge in [0, 0.05) is 12.6 Å². The molecule has 0 aliphatic rings. The highest BCUT2D eigenvalue weighted by Crippen LogP contribution is 2.07.